The van der Waals surface area contributed by atoms with Crippen LogP contribution >= 0.6 is 0 Å². The number of aromatic amines is 1. The van der Waals surface area contributed by atoms with Gasteiger partial charge in [0.05, 0.1) is 0 Å². The van der Waals surface area contributed by atoms with Gasteiger partial charge in [0.2, 0.25) is 0 Å². The molecule has 0 atom stereocenters. The van der Waals surface area contributed by atoms with E-state index in [-0.39, 0.29) is 0 Å². The highest BCUT2D eigenvalue weighted by Gasteiger charge is 2.00. The fraction of sp³-hybridized carbons (Fsp3) is 0. The second-order valence-electron chi connectivity index (χ2n) is 4.50. The standard InChI is InChI=1S/C12H9N.B3H6N3/c1-3-7-11-9(5-1)10-6-2-4-8-12(10)13-11;1-4-2-6-3-5-1/h1-8,13H;1-6H. The van der Waals surface area contributed by atoms with Crippen LogP contribution < -0.4 is 15.4 Å². The topological polar surface area (TPSA) is 51.9 Å². The second-order valence-corrected chi connectivity index (χ2v) is 4.50. The molecule has 0 amide bonds. The first-order chi connectivity index (χ1) is 9.45. The summed E-state index contributed by atoms with van der Waals surface area (Å²) < 4.78 is 0. The summed E-state index contributed by atoms with van der Waals surface area (Å²) in [5.74, 6) is 0. The van der Waals surface area contributed by atoms with Crippen molar-refractivity contribution in [2.45, 2.75) is 0 Å². The molecule has 0 spiro atoms. The molecule has 7 heteroatoms. The van der Waals surface area contributed by atoms with Crippen LogP contribution in [-0.2, 0) is 0 Å². The van der Waals surface area contributed by atoms with Gasteiger partial charge in [-0.25, -0.2) is 0 Å². The van der Waals surface area contributed by atoms with Gasteiger partial charge in [0.25, 0.3) is 22.6 Å². The maximum atomic E-state index is 3.38. The van der Waals surface area contributed by atoms with Gasteiger partial charge in [0.1, 0.15) is 0 Å². The van der Waals surface area contributed by atoms with Crippen molar-refractivity contribution in [2.24, 2.45) is 0 Å². The van der Waals surface area contributed by atoms with E-state index < -0.39 is 0 Å². The van der Waals surface area contributed by atoms with Crippen molar-refractivity contribution < 1.29 is 0 Å². The highest BCUT2D eigenvalue weighted by Crippen LogP contribution is 2.24. The molecule has 1 saturated heterocycles. The minimum Gasteiger partial charge on any atom is -0.378 e. The van der Waals surface area contributed by atoms with Crippen LogP contribution in [0.25, 0.3) is 21.8 Å². The Morgan fingerprint density at radius 3 is 1.42 bits per heavy atom. The predicted octanol–water partition coefficient (Wildman–Crippen LogP) is -0.111. The molecule has 1 aliphatic rings. The van der Waals surface area contributed by atoms with Gasteiger partial charge < -0.3 is 20.4 Å². The minimum absolute atomic E-state index is 0.938. The molecule has 4 nitrogen and oxygen atoms in total. The van der Waals surface area contributed by atoms with E-state index in [1.54, 1.807) is 0 Å². The van der Waals surface area contributed by atoms with Crippen LogP contribution in [0, 0.1) is 0 Å². The first kappa shape index (κ1) is 12.4. The molecule has 3 aromatic rings. The van der Waals surface area contributed by atoms with Crippen molar-refractivity contribution in [1.29, 1.82) is 0 Å². The first-order valence-electron chi connectivity index (χ1n) is 6.53. The van der Waals surface area contributed by atoms with E-state index in [0.717, 1.165) is 22.6 Å². The molecule has 0 radical (unpaired) electrons. The van der Waals surface area contributed by atoms with Crippen molar-refractivity contribution in [3.8, 4) is 0 Å². The van der Waals surface area contributed by atoms with Gasteiger partial charge in [0.15, 0.2) is 0 Å². The molecule has 2 aromatic carbocycles. The van der Waals surface area contributed by atoms with Gasteiger partial charge >= 0.3 is 0 Å². The summed E-state index contributed by atoms with van der Waals surface area (Å²) >= 11 is 0. The van der Waals surface area contributed by atoms with Crippen LogP contribution in [0.2, 0.25) is 0 Å². The summed E-state index contributed by atoms with van der Waals surface area (Å²) in [5, 5.41) is 11.8. The van der Waals surface area contributed by atoms with Crippen LogP contribution in [0.3, 0.4) is 0 Å². The molecule has 1 aromatic heterocycles. The fourth-order valence-corrected chi connectivity index (χ4v) is 2.25. The minimum atomic E-state index is 0.938. The molecule has 4 N–H and O–H groups in total. The molecular weight excluding hydrogens is 233 g/mol. The van der Waals surface area contributed by atoms with E-state index in [9.17, 15) is 0 Å². The number of nitrogens with one attached hydrogen (secondary N) is 4. The first-order valence-corrected chi connectivity index (χ1v) is 6.53. The molecule has 0 aliphatic carbocycles. The summed E-state index contributed by atoms with van der Waals surface area (Å²) in [7, 11) is 2.81. The Labute approximate surface area is 114 Å². The summed E-state index contributed by atoms with van der Waals surface area (Å²) in [6, 6.07) is 16.8. The van der Waals surface area contributed by atoms with Gasteiger partial charge in [-0.15, -0.1) is 0 Å². The Morgan fingerprint density at radius 1 is 0.579 bits per heavy atom. The lowest BCUT2D eigenvalue weighted by atomic mass is 9.85. The Balaban J connectivity index is 0.000000155. The van der Waals surface area contributed by atoms with E-state index in [2.05, 4.69) is 68.9 Å². The lowest BCUT2D eigenvalue weighted by Gasteiger charge is -2.08. The number of fused-ring (bicyclic) bond motifs is 3. The van der Waals surface area contributed by atoms with Gasteiger partial charge in [-0.1, -0.05) is 36.4 Å². The van der Waals surface area contributed by atoms with E-state index in [1.165, 1.54) is 21.8 Å². The SMILES string of the molecule is B1NBNBN1.c1ccc2c(c1)[nH]c1ccccc12. The Kier molecular flexibility index (Phi) is 3.88. The zero-order valence-corrected chi connectivity index (χ0v) is 10.7. The zero-order valence-electron chi connectivity index (χ0n) is 10.7. The number of H-pyrrole nitrogens is 1. The summed E-state index contributed by atoms with van der Waals surface area (Å²) in [4.78, 5) is 3.38. The number of para-hydroxylation sites is 2. The van der Waals surface area contributed by atoms with Crippen LogP contribution in [-0.4, -0.2) is 27.6 Å². The van der Waals surface area contributed by atoms with E-state index in [1.807, 2.05) is 0 Å². The molecule has 1 aliphatic heterocycles. The number of hydrogen-bond acceptors (Lipinski definition) is 3. The van der Waals surface area contributed by atoms with Crippen molar-refractivity contribution in [3.63, 3.8) is 0 Å². The molecular formula is C12H15B3N4. The summed E-state index contributed by atoms with van der Waals surface area (Å²) in [6.45, 7) is 0. The maximum Gasteiger partial charge on any atom is 0.265 e. The van der Waals surface area contributed by atoms with E-state index in [4.69, 9.17) is 0 Å². The van der Waals surface area contributed by atoms with Gasteiger partial charge in [-0.3, -0.25) is 0 Å². The summed E-state index contributed by atoms with van der Waals surface area (Å²) in [5.41, 5.74) is 2.42. The van der Waals surface area contributed by atoms with Crippen LogP contribution in [0.1, 0.15) is 0 Å². The van der Waals surface area contributed by atoms with Gasteiger partial charge in [-0.05, 0) is 12.1 Å². The number of rotatable bonds is 0. The number of hydrogen-bond donors (Lipinski definition) is 4. The Bertz CT molecular complexity index is 604. The van der Waals surface area contributed by atoms with Crippen LogP contribution in [0.5, 0.6) is 0 Å². The Morgan fingerprint density at radius 2 is 1.00 bits per heavy atom. The smallest absolute Gasteiger partial charge is 0.265 e. The van der Waals surface area contributed by atoms with E-state index >= 15 is 0 Å². The predicted molar refractivity (Wildman–Crippen MR) is 86.7 cm³/mol. The van der Waals surface area contributed by atoms with Gasteiger partial charge in [0, 0.05) is 21.8 Å². The third kappa shape index (κ3) is 2.84. The molecule has 19 heavy (non-hydrogen) atoms. The second kappa shape index (κ2) is 5.97. The van der Waals surface area contributed by atoms with Crippen LogP contribution in [0.4, 0.5) is 0 Å². The highest BCUT2D eigenvalue weighted by molar-refractivity contribution is 6.65. The molecule has 92 valence electrons. The lowest BCUT2D eigenvalue weighted by molar-refractivity contribution is 1.28. The quantitative estimate of drug-likeness (QED) is 0.420. The average Bonchev–Trinajstić information content (AvgIpc) is 2.88. The lowest BCUT2D eigenvalue weighted by Crippen LogP contribution is -2.55. The number of aromatic nitrogens is 1. The number of benzene rings is 2. The molecule has 2 heterocycles. The average molecular weight is 248 g/mol. The summed E-state index contributed by atoms with van der Waals surface area (Å²) in [6.07, 6.45) is 0. The molecule has 0 bridgehead atoms. The zero-order chi connectivity index (χ0) is 12.9. The third-order valence-corrected chi connectivity index (χ3v) is 3.16. The Hall–Kier alpha value is -1.69. The highest BCUT2D eigenvalue weighted by atomic mass is 15.0. The van der Waals surface area contributed by atoms with E-state index in [0.29, 0.717) is 0 Å². The van der Waals surface area contributed by atoms with Crippen molar-refractivity contribution >= 4 is 44.5 Å². The fourth-order valence-electron chi connectivity index (χ4n) is 2.25. The third-order valence-electron chi connectivity index (χ3n) is 3.16. The van der Waals surface area contributed by atoms with Crippen LogP contribution in [0.15, 0.2) is 48.5 Å². The monoisotopic (exact) mass is 248 g/mol. The van der Waals surface area contributed by atoms with Gasteiger partial charge in [-0.2, -0.15) is 0 Å². The van der Waals surface area contributed by atoms with Crippen molar-refractivity contribution in [2.75, 3.05) is 0 Å². The molecule has 0 unspecified atom stereocenters. The largest absolute Gasteiger partial charge is 0.378 e. The molecule has 0 saturated carbocycles. The molecule has 1 fully saturated rings. The van der Waals surface area contributed by atoms with Crippen molar-refractivity contribution in [3.05, 3.63) is 48.5 Å². The van der Waals surface area contributed by atoms with Crippen molar-refractivity contribution in [1.82, 2.24) is 20.4 Å². The maximum absolute atomic E-state index is 3.38. The normalized spacial score (nSPS) is 13.9. The molecule has 4 rings (SSSR count).